The summed E-state index contributed by atoms with van der Waals surface area (Å²) < 4.78 is 0. The van der Waals surface area contributed by atoms with E-state index in [2.05, 4.69) is 108 Å². The molecule has 6 nitrogen and oxygen atoms in total. The second kappa shape index (κ2) is 19.0. The van der Waals surface area contributed by atoms with Crippen LogP contribution < -0.4 is 4.98 Å². The number of H-pyrrole nitrogens is 1. The molecule has 0 saturated heterocycles. The van der Waals surface area contributed by atoms with Gasteiger partial charge in [0.25, 0.3) is 0 Å². The number of nitrogens with zero attached hydrogens (tertiary/aromatic N) is 5. The Morgan fingerprint density at radius 2 is 0.707 bits per heavy atom. The van der Waals surface area contributed by atoms with E-state index >= 15 is 0 Å². The van der Waals surface area contributed by atoms with Gasteiger partial charge in [0.05, 0.1) is 24.3 Å². The molecule has 0 aliphatic heterocycles. The minimum Gasteiger partial charge on any atom is -0.264 e. The molecule has 2 heterocycles. The molecule has 0 spiro atoms. The van der Waals surface area contributed by atoms with Crippen LogP contribution in [0.25, 0.3) is 46.6 Å². The van der Waals surface area contributed by atoms with Gasteiger partial charge in [0.1, 0.15) is 0 Å². The summed E-state index contributed by atoms with van der Waals surface area (Å²) in [5.74, 6) is -1.43. The number of nitrogens with one attached hydrogen (secondary N) is 1. The first-order valence-electron chi connectivity index (χ1n) is 19.1. The Hall–Kier alpha value is -7.38. The Bertz CT molecular complexity index is 2390. The summed E-state index contributed by atoms with van der Waals surface area (Å²) in [6, 6.07) is 31.9. The van der Waals surface area contributed by atoms with Crippen molar-refractivity contribution < 1.29 is 4.98 Å². The zero-order chi connectivity index (χ0) is 41.9. The molecule has 4 aromatic carbocycles. The second-order valence-corrected chi connectivity index (χ2v) is 14.8. The maximum Gasteiger partial charge on any atom is 0.170 e. The third-order valence-corrected chi connectivity index (χ3v) is 10.3. The van der Waals surface area contributed by atoms with E-state index in [4.69, 9.17) is 21.0 Å². The van der Waals surface area contributed by atoms with Gasteiger partial charge >= 0.3 is 0 Å². The van der Waals surface area contributed by atoms with Crippen LogP contribution in [0, 0.1) is 101 Å². The SMILES string of the molecule is Cc1c[nH+]cc(C)c1-c1c(C)cc(/C=C/c2ccc(C(C#N)C#N)cc2)cc1C.Cc1cncc(C)c1-c1c(C)cc(/C=C/c2ccc(C(C#N)C#N)cc2)cc1C. The summed E-state index contributed by atoms with van der Waals surface area (Å²) in [4.78, 5) is 7.49. The van der Waals surface area contributed by atoms with Crippen LogP contribution in [-0.4, -0.2) is 4.98 Å². The number of pyridine rings is 2. The number of aromatic amines is 1. The van der Waals surface area contributed by atoms with Gasteiger partial charge in [-0.05, 0) is 144 Å². The lowest BCUT2D eigenvalue weighted by Crippen LogP contribution is -2.05. The smallest absolute Gasteiger partial charge is 0.170 e. The van der Waals surface area contributed by atoms with Crippen LogP contribution in [-0.2, 0) is 0 Å². The van der Waals surface area contributed by atoms with Crippen LogP contribution in [0.5, 0.6) is 0 Å². The molecule has 2 aromatic heterocycles. The third kappa shape index (κ3) is 9.70. The van der Waals surface area contributed by atoms with E-state index in [1.54, 1.807) is 0 Å². The highest BCUT2D eigenvalue weighted by atomic mass is 14.6. The molecule has 58 heavy (non-hydrogen) atoms. The van der Waals surface area contributed by atoms with E-state index < -0.39 is 11.8 Å². The molecular formula is C52H47N6+. The van der Waals surface area contributed by atoms with E-state index in [-0.39, 0.29) is 0 Å². The van der Waals surface area contributed by atoms with E-state index in [1.165, 1.54) is 66.8 Å². The number of aromatic nitrogens is 2. The van der Waals surface area contributed by atoms with Gasteiger partial charge in [-0.2, -0.15) is 21.0 Å². The first-order chi connectivity index (χ1) is 27.9. The summed E-state index contributed by atoms with van der Waals surface area (Å²) in [5, 5.41) is 36.0. The van der Waals surface area contributed by atoms with Crippen LogP contribution in [0.2, 0.25) is 0 Å². The minimum absolute atomic E-state index is 0.714. The second-order valence-electron chi connectivity index (χ2n) is 14.8. The molecule has 0 radical (unpaired) electrons. The molecule has 0 atom stereocenters. The molecular weight excluding hydrogens is 709 g/mol. The summed E-state index contributed by atoms with van der Waals surface area (Å²) in [7, 11) is 0. The number of rotatable bonds is 8. The molecule has 6 rings (SSSR count). The lowest BCUT2D eigenvalue weighted by atomic mass is 9.89. The molecule has 0 amide bonds. The van der Waals surface area contributed by atoms with Crippen molar-refractivity contribution >= 4 is 24.3 Å². The molecule has 6 aromatic rings. The highest BCUT2D eigenvalue weighted by Gasteiger charge is 2.15. The molecule has 284 valence electrons. The minimum atomic E-state index is -0.717. The molecule has 6 heteroatoms. The molecule has 0 aliphatic rings. The fourth-order valence-corrected chi connectivity index (χ4v) is 7.55. The van der Waals surface area contributed by atoms with Gasteiger partial charge in [0.15, 0.2) is 24.2 Å². The predicted molar refractivity (Wildman–Crippen MR) is 235 cm³/mol. The van der Waals surface area contributed by atoms with Crippen molar-refractivity contribution in [3.63, 3.8) is 0 Å². The number of hydrogen-bond acceptors (Lipinski definition) is 5. The maximum absolute atomic E-state index is 9.00. The zero-order valence-electron chi connectivity index (χ0n) is 34.4. The van der Waals surface area contributed by atoms with Gasteiger partial charge in [0.2, 0.25) is 0 Å². The Balaban J connectivity index is 0.000000221. The standard InChI is InChI=1S/2C26H23N3/c2*1-17-11-22(6-5-21-7-9-23(10-8-21)24(13-27)14-28)12-18(2)25(17)26-19(3)15-29-16-20(26)4/h2*5-12,15-16,24H,1-4H3/p+1/b2*6-5+. The first-order valence-corrected chi connectivity index (χ1v) is 19.1. The van der Waals surface area contributed by atoms with Crippen LogP contribution >= 0.6 is 0 Å². The Labute approximate surface area is 343 Å². The van der Waals surface area contributed by atoms with Gasteiger partial charge < -0.3 is 0 Å². The van der Waals surface area contributed by atoms with E-state index in [0.717, 1.165) is 33.4 Å². The fraction of sp³-hybridized carbons (Fsp3) is 0.192. The zero-order valence-corrected chi connectivity index (χ0v) is 34.4. The molecule has 0 fully saturated rings. The molecule has 0 bridgehead atoms. The topological polar surface area (TPSA) is 122 Å². The quantitative estimate of drug-likeness (QED) is 0.143. The fourth-order valence-electron chi connectivity index (χ4n) is 7.55. The van der Waals surface area contributed by atoms with Gasteiger partial charge in [-0.25, -0.2) is 4.98 Å². The normalized spacial score (nSPS) is 10.9. The highest BCUT2D eigenvalue weighted by Crippen LogP contribution is 2.34. The lowest BCUT2D eigenvalue weighted by molar-refractivity contribution is -0.379. The Morgan fingerprint density at radius 3 is 1.03 bits per heavy atom. The average Bonchev–Trinajstić information content (AvgIpc) is 3.20. The van der Waals surface area contributed by atoms with E-state index in [0.29, 0.717) is 0 Å². The first kappa shape index (κ1) is 41.8. The highest BCUT2D eigenvalue weighted by molar-refractivity contribution is 5.80. The molecule has 0 saturated carbocycles. The predicted octanol–water partition coefficient (Wildman–Crippen LogP) is 12.0. The third-order valence-electron chi connectivity index (χ3n) is 10.3. The number of nitriles is 4. The molecule has 1 N–H and O–H groups in total. The maximum atomic E-state index is 9.00. The monoisotopic (exact) mass is 755 g/mol. The number of benzene rings is 4. The Morgan fingerprint density at radius 1 is 0.414 bits per heavy atom. The van der Waals surface area contributed by atoms with E-state index in [9.17, 15) is 0 Å². The van der Waals surface area contributed by atoms with Crippen LogP contribution in [0.1, 0.15) is 89.7 Å². The summed E-state index contributed by atoms with van der Waals surface area (Å²) in [6.45, 7) is 17.1. The number of aryl methyl sites for hydroxylation is 8. The van der Waals surface area contributed by atoms with Crippen molar-refractivity contribution in [3.05, 3.63) is 175 Å². The van der Waals surface area contributed by atoms with Crippen molar-refractivity contribution in [3.8, 4) is 46.5 Å². The Kier molecular flexibility index (Phi) is 13.7. The van der Waals surface area contributed by atoms with E-state index in [1.807, 2.05) is 104 Å². The van der Waals surface area contributed by atoms with Crippen molar-refractivity contribution in [2.75, 3.05) is 0 Å². The molecule has 0 unspecified atom stereocenters. The summed E-state index contributed by atoms with van der Waals surface area (Å²) in [5.41, 5.74) is 20.8. The number of hydrogen-bond donors (Lipinski definition) is 0. The van der Waals surface area contributed by atoms with Crippen molar-refractivity contribution in [2.45, 2.75) is 67.2 Å². The van der Waals surface area contributed by atoms with Crippen molar-refractivity contribution in [2.24, 2.45) is 0 Å². The lowest BCUT2D eigenvalue weighted by Gasteiger charge is -2.16. The van der Waals surface area contributed by atoms with Crippen molar-refractivity contribution in [1.29, 1.82) is 21.0 Å². The summed E-state index contributed by atoms with van der Waals surface area (Å²) >= 11 is 0. The van der Waals surface area contributed by atoms with Crippen LogP contribution in [0.3, 0.4) is 0 Å². The summed E-state index contributed by atoms with van der Waals surface area (Å²) in [6.07, 6.45) is 16.2. The van der Waals surface area contributed by atoms with Gasteiger partial charge in [-0.15, -0.1) is 0 Å². The van der Waals surface area contributed by atoms with Crippen molar-refractivity contribution in [1.82, 2.24) is 4.98 Å². The van der Waals surface area contributed by atoms with Gasteiger partial charge in [-0.3, -0.25) is 4.98 Å². The van der Waals surface area contributed by atoms with Crippen LogP contribution in [0.4, 0.5) is 0 Å². The average molecular weight is 756 g/mol. The molecule has 0 aliphatic carbocycles. The largest absolute Gasteiger partial charge is 0.264 e. The van der Waals surface area contributed by atoms with Crippen LogP contribution in [0.15, 0.2) is 97.6 Å². The van der Waals surface area contributed by atoms with Gasteiger partial charge in [0, 0.05) is 23.5 Å². The van der Waals surface area contributed by atoms with Gasteiger partial charge in [-0.1, -0.05) is 97.1 Å².